The van der Waals surface area contributed by atoms with Gasteiger partial charge in [0.15, 0.2) is 0 Å². The fraction of sp³-hybridized carbons (Fsp3) is 0.600. The molecule has 2 bridgehead atoms. The molecule has 1 aromatic rings. The first-order chi connectivity index (χ1) is 10.0. The van der Waals surface area contributed by atoms with Crippen molar-refractivity contribution in [1.82, 2.24) is 4.31 Å². The Morgan fingerprint density at radius 2 is 1.90 bits per heavy atom. The maximum Gasteiger partial charge on any atom is 0.243 e. The zero-order valence-corrected chi connectivity index (χ0v) is 13.1. The molecule has 2 atom stereocenters. The number of rotatable bonds is 4. The Hall–Kier alpha value is -0.950. The molecule has 2 N–H and O–H groups in total. The van der Waals surface area contributed by atoms with E-state index in [4.69, 9.17) is 10.5 Å². The van der Waals surface area contributed by atoms with E-state index in [2.05, 4.69) is 0 Å². The fourth-order valence-electron chi connectivity index (χ4n) is 3.22. The van der Waals surface area contributed by atoms with Crippen molar-refractivity contribution in [2.75, 3.05) is 13.1 Å². The minimum atomic E-state index is -3.45. The van der Waals surface area contributed by atoms with Gasteiger partial charge in [-0.15, -0.1) is 0 Å². The average molecular weight is 310 g/mol. The molecule has 0 radical (unpaired) electrons. The van der Waals surface area contributed by atoms with E-state index in [1.807, 2.05) is 13.0 Å². The van der Waals surface area contributed by atoms with Gasteiger partial charge in [-0.25, -0.2) is 8.42 Å². The lowest BCUT2D eigenvalue weighted by Crippen LogP contribution is -2.45. The molecule has 2 aliphatic rings. The largest absolute Gasteiger partial charge is 0.372 e. The van der Waals surface area contributed by atoms with E-state index in [0.29, 0.717) is 24.5 Å². The maximum absolute atomic E-state index is 12.8. The van der Waals surface area contributed by atoms with Crippen LogP contribution in [-0.4, -0.2) is 38.0 Å². The first-order valence-electron chi connectivity index (χ1n) is 7.52. The number of sulfonamides is 1. The van der Waals surface area contributed by atoms with Gasteiger partial charge in [-0.3, -0.25) is 0 Å². The van der Waals surface area contributed by atoms with Crippen LogP contribution in [0.25, 0.3) is 0 Å². The molecule has 2 saturated heterocycles. The molecule has 0 aromatic heterocycles. The second kappa shape index (κ2) is 5.68. The van der Waals surface area contributed by atoms with Crippen LogP contribution in [0.1, 0.15) is 30.9 Å². The highest BCUT2D eigenvalue weighted by molar-refractivity contribution is 7.89. The smallest absolute Gasteiger partial charge is 0.243 e. The molecule has 0 amide bonds. The normalized spacial score (nSPS) is 26.2. The number of benzene rings is 1. The lowest BCUT2D eigenvalue weighted by molar-refractivity contribution is -0.0114. The molecule has 5 nitrogen and oxygen atoms in total. The molecule has 21 heavy (non-hydrogen) atoms. The molecule has 116 valence electrons. The highest BCUT2D eigenvalue weighted by Crippen LogP contribution is 2.30. The van der Waals surface area contributed by atoms with Crippen LogP contribution >= 0.6 is 0 Å². The summed E-state index contributed by atoms with van der Waals surface area (Å²) in [5.74, 6) is 0. The molecule has 0 aliphatic carbocycles. The van der Waals surface area contributed by atoms with Gasteiger partial charge in [-0.2, -0.15) is 4.31 Å². The number of fused-ring (bicyclic) bond motifs is 2. The summed E-state index contributed by atoms with van der Waals surface area (Å²) in [6.07, 6.45) is 2.89. The summed E-state index contributed by atoms with van der Waals surface area (Å²) in [7, 11) is -3.45. The minimum absolute atomic E-state index is 0.0578. The van der Waals surface area contributed by atoms with E-state index in [-0.39, 0.29) is 12.2 Å². The summed E-state index contributed by atoms with van der Waals surface area (Å²) in [4.78, 5) is 0.349. The minimum Gasteiger partial charge on any atom is -0.372 e. The van der Waals surface area contributed by atoms with E-state index in [1.165, 1.54) is 0 Å². The Bertz CT molecular complexity index is 618. The molecular weight excluding hydrogens is 288 g/mol. The number of hydrogen-bond donors (Lipinski definition) is 1. The molecule has 6 heteroatoms. The van der Waals surface area contributed by atoms with Crippen LogP contribution in [0.2, 0.25) is 0 Å². The summed E-state index contributed by atoms with van der Waals surface area (Å²) in [5.41, 5.74) is 7.76. The van der Waals surface area contributed by atoms with Gasteiger partial charge in [0.2, 0.25) is 10.0 Å². The van der Waals surface area contributed by atoms with Gasteiger partial charge in [-0.1, -0.05) is 13.0 Å². The van der Waals surface area contributed by atoms with Crippen LogP contribution in [0.5, 0.6) is 0 Å². The Morgan fingerprint density at radius 1 is 1.24 bits per heavy atom. The van der Waals surface area contributed by atoms with Crippen molar-refractivity contribution in [2.24, 2.45) is 5.73 Å². The van der Waals surface area contributed by atoms with Gasteiger partial charge in [0, 0.05) is 19.6 Å². The molecule has 2 fully saturated rings. The van der Waals surface area contributed by atoms with Gasteiger partial charge in [0.25, 0.3) is 0 Å². The molecule has 0 saturated carbocycles. The molecule has 2 heterocycles. The molecule has 0 spiro atoms. The number of nitrogens with two attached hydrogens (primary N) is 1. The lowest BCUT2D eigenvalue weighted by Gasteiger charge is -2.31. The van der Waals surface area contributed by atoms with Gasteiger partial charge in [0.05, 0.1) is 17.1 Å². The fourth-order valence-corrected chi connectivity index (χ4v) is 4.77. The Kier molecular flexibility index (Phi) is 4.05. The molecule has 3 rings (SSSR count). The third-order valence-corrected chi connectivity index (χ3v) is 6.25. The Labute approximate surface area is 126 Å². The van der Waals surface area contributed by atoms with Crippen molar-refractivity contribution >= 4 is 10.0 Å². The lowest BCUT2D eigenvalue weighted by atomic mass is 10.1. The summed E-state index contributed by atoms with van der Waals surface area (Å²) in [6, 6.07) is 5.31. The van der Waals surface area contributed by atoms with Crippen LogP contribution < -0.4 is 5.73 Å². The van der Waals surface area contributed by atoms with Crippen molar-refractivity contribution in [1.29, 1.82) is 0 Å². The topological polar surface area (TPSA) is 72.6 Å². The van der Waals surface area contributed by atoms with E-state index in [0.717, 1.165) is 30.4 Å². The average Bonchev–Trinajstić information content (AvgIpc) is 2.84. The van der Waals surface area contributed by atoms with E-state index >= 15 is 0 Å². The van der Waals surface area contributed by atoms with Crippen molar-refractivity contribution in [3.63, 3.8) is 0 Å². The summed E-state index contributed by atoms with van der Waals surface area (Å²) in [6.45, 7) is 3.34. The number of hydrogen-bond acceptors (Lipinski definition) is 4. The first-order valence-corrected chi connectivity index (χ1v) is 8.96. The van der Waals surface area contributed by atoms with E-state index in [1.54, 1.807) is 16.4 Å². The molecule has 2 aliphatic heterocycles. The Balaban J connectivity index is 1.91. The van der Waals surface area contributed by atoms with Gasteiger partial charge in [-0.05, 0) is 42.5 Å². The number of aryl methyl sites for hydroxylation is 1. The van der Waals surface area contributed by atoms with Crippen LogP contribution in [0.15, 0.2) is 23.1 Å². The van der Waals surface area contributed by atoms with Gasteiger partial charge >= 0.3 is 0 Å². The quantitative estimate of drug-likeness (QED) is 0.909. The van der Waals surface area contributed by atoms with E-state index < -0.39 is 10.0 Å². The first kappa shape index (κ1) is 15.0. The Morgan fingerprint density at radius 3 is 2.48 bits per heavy atom. The highest BCUT2D eigenvalue weighted by Gasteiger charge is 2.39. The van der Waals surface area contributed by atoms with E-state index in [9.17, 15) is 8.42 Å². The monoisotopic (exact) mass is 310 g/mol. The van der Waals surface area contributed by atoms with Gasteiger partial charge < -0.3 is 10.5 Å². The van der Waals surface area contributed by atoms with Crippen LogP contribution in [0.3, 0.4) is 0 Å². The van der Waals surface area contributed by atoms with Crippen LogP contribution in [0.4, 0.5) is 0 Å². The highest BCUT2D eigenvalue weighted by atomic mass is 32.2. The van der Waals surface area contributed by atoms with Crippen molar-refractivity contribution in [2.45, 2.75) is 49.8 Å². The molecule has 2 unspecified atom stereocenters. The molecule has 1 aromatic carbocycles. The van der Waals surface area contributed by atoms with Gasteiger partial charge in [0.1, 0.15) is 0 Å². The third-order valence-electron chi connectivity index (χ3n) is 4.43. The van der Waals surface area contributed by atoms with Crippen LogP contribution in [0, 0.1) is 0 Å². The maximum atomic E-state index is 12.8. The van der Waals surface area contributed by atoms with Crippen molar-refractivity contribution in [3.05, 3.63) is 29.3 Å². The number of nitrogens with zero attached hydrogens (tertiary/aromatic N) is 1. The SMILES string of the molecule is CCc1ccc(S(=O)(=O)N2CC3CCC(C2)O3)cc1CN. The number of ether oxygens (including phenoxy) is 1. The molecular formula is C15H22N2O3S. The predicted molar refractivity (Wildman–Crippen MR) is 80.4 cm³/mol. The zero-order chi connectivity index (χ0) is 15.0. The van der Waals surface area contributed by atoms with Crippen molar-refractivity contribution < 1.29 is 13.2 Å². The number of morpholine rings is 1. The van der Waals surface area contributed by atoms with Crippen LogP contribution in [-0.2, 0) is 27.7 Å². The standard InChI is InChI=1S/C15H22N2O3S/c1-2-11-3-6-15(7-12(11)8-16)21(18,19)17-9-13-4-5-14(10-17)20-13/h3,6-7,13-14H,2,4-5,8-10,16H2,1H3. The summed E-state index contributed by atoms with van der Waals surface area (Å²) >= 11 is 0. The predicted octanol–water partition coefficient (Wildman–Crippen LogP) is 1.26. The third kappa shape index (κ3) is 2.73. The second-order valence-corrected chi connectivity index (χ2v) is 7.71. The summed E-state index contributed by atoms with van der Waals surface area (Å²) < 4.78 is 32.9. The second-order valence-electron chi connectivity index (χ2n) is 5.77. The summed E-state index contributed by atoms with van der Waals surface area (Å²) in [5, 5.41) is 0. The van der Waals surface area contributed by atoms with Crippen molar-refractivity contribution in [3.8, 4) is 0 Å². The zero-order valence-electron chi connectivity index (χ0n) is 12.3.